The lowest BCUT2D eigenvalue weighted by atomic mass is 9.96. The van der Waals surface area contributed by atoms with Gasteiger partial charge in [-0.15, -0.1) is 0 Å². The van der Waals surface area contributed by atoms with Crippen molar-refractivity contribution in [2.75, 3.05) is 13.2 Å². The number of pyridine rings is 1. The number of hydrogen-bond donors (Lipinski definition) is 1. The first-order chi connectivity index (χ1) is 10.2. The highest BCUT2D eigenvalue weighted by Crippen LogP contribution is 2.28. The molecule has 0 saturated heterocycles. The van der Waals surface area contributed by atoms with Gasteiger partial charge in [0.05, 0.1) is 18.8 Å². The highest BCUT2D eigenvalue weighted by molar-refractivity contribution is 9.10. The molecule has 21 heavy (non-hydrogen) atoms. The Labute approximate surface area is 134 Å². The fourth-order valence-electron chi connectivity index (χ4n) is 2.37. The van der Waals surface area contributed by atoms with Crippen molar-refractivity contribution in [1.29, 1.82) is 0 Å². The summed E-state index contributed by atoms with van der Waals surface area (Å²) in [6.45, 7) is 7.75. The van der Waals surface area contributed by atoms with Crippen LogP contribution < -0.4 is 10.1 Å². The maximum absolute atomic E-state index is 5.57. The fraction of sp³-hybridized carbons (Fsp3) is 0.353. The molecule has 2 rings (SSSR count). The number of aromatic nitrogens is 1. The van der Waals surface area contributed by atoms with Gasteiger partial charge in [-0.3, -0.25) is 4.98 Å². The van der Waals surface area contributed by atoms with E-state index < -0.39 is 0 Å². The smallest absolute Gasteiger partial charge is 0.137 e. The van der Waals surface area contributed by atoms with Crippen molar-refractivity contribution >= 4 is 15.9 Å². The van der Waals surface area contributed by atoms with Crippen molar-refractivity contribution in [3.63, 3.8) is 0 Å². The molecule has 2 aromatic rings. The molecule has 0 aliphatic carbocycles. The van der Waals surface area contributed by atoms with Crippen LogP contribution in [0.3, 0.4) is 0 Å². The summed E-state index contributed by atoms with van der Waals surface area (Å²) in [5.41, 5.74) is 3.62. The minimum Gasteiger partial charge on any atom is -0.492 e. The molecule has 0 fully saturated rings. The molecule has 1 heterocycles. The monoisotopic (exact) mass is 348 g/mol. The lowest BCUT2D eigenvalue weighted by Gasteiger charge is -2.21. The third kappa shape index (κ3) is 4.05. The minimum absolute atomic E-state index is 0.111. The van der Waals surface area contributed by atoms with Crippen LogP contribution in [-0.4, -0.2) is 18.1 Å². The van der Waals surface area contributed by atoms with Gasteiger partial charge in [-0.2, -0.15) is 0 Å². The second-order valence-electron chi connectivity index (χ2n) is 4.88. The minimum atomic E-state index is 0.111. The molecule has 0 spiro atoms. The Morgan fingerprint density at radius 2 is 2.05 bits per heavy atom. The SMILES string of the molecule is CCNC(c1cncc(OCC)c1)c1cc(Br)ccc1C. The zero-order valence-electron chi connectivity index (χ0n) is 12.7. The second-order valence-corrected chi connectivity index (χ2v) is 5.79. The van der Waals surface area contributed by atoms with Crippen molar-refractivity contribution in [2.45, 2.75) is 26.8 Å². The lowest BCUT2D eigenvalue weighted by Crippen LogP contribution is -2.23. The van der Waals surface area contributed by atoms with Crippen LogP contribution in [0, 0.1) is 6.92 Å². The molecular formula is C17H21BrN2O. The summed E-state index contributed by atoms with van der Waals surface area (Å²) >= 11 is 3.56. The molecule has 0 bridgehead atoms. The molecule has 0 saturated carbocycles. The molecule has 1 aromatic heterocycles. The van der Waals surface area contributed by atoms with E-state index in [1.165, 1.54) is 11.1 Å². The predicted molar refractivity (Wildman–Crippen MR) is 89.8 cm³/mol. The van der Waals surface area contributed by atoms with Crippen LogP contribution in [0.25, 0.3) is 0 Å². The molecule has 1 atom stereocenters. The molecule has 1 aromatic carbocycles. The van der Waals surface area contributed by atoms with Gasteiger partial charge in [0, 0.05) is 10.7 Å². The van der Waals surface area contributed by atoms with Crippen LogP contribution in [0.1, 0.15) is 36.6 Å². The first kappa shape index (κ1) is 16.0. The molecular weight excluding hydrogens is 328 g/mol. The normalized spacial score (nSPS) is 12.2. The van der Waals surface area contributed by atoms with Gasteiger partial charge in [0.25, 0.3) is 0 Å². The molecule has 1 N–H and O–H groups in total. The van der Waals surface area contributed by atoms with Gasteiger partial charge < -0.3 is 10.1 Å². The van der Waals surface area contributed by atoms with E-state index >= 15 is 0 Å². The quantitative estimate of drug-likeness (QED) is 0.847. The topological polar surface area (TPSA) is 34.2 Å². The van der Waals surface area contributed by atoms with Crippen LogP contribution in [-0.2, 0) is 0 Å². The summed E-state index contributed by atoms with van der Waals surface area (Å²) in [5, 5.41) is 3.54. The number of nitrogens with zero attached hydrogens (tertiary/aromatic N) is 1. The second kappa shape index (κ2) is 7.57. The Balaban J connectivity index is 2.42. The average molecular weight is 349 g/mol. The van der Waals surface area contributed by atoms with Crippen LogP contribution in [0.2, 0.25) is 0 Å². The first-order valence-electron chi connectivity index (χ1n) is 7.22. The van der Waals surface area contributed by atoms with Crippen molar-refractivity contribution in [2.24, 2.45) is 0 Å². The van der Waals surface area contributed by atoms with Crippen LogP contribution in [0.15, 0.2) is 41.1 Å². The first-order valence-corrected chi connectivity index (χ1v) is 8.02. The summed E-state index contributed by atoms with van der Waals surface area (Å²) in [7, 11) is 0. The van der Waals surface area contributed by atoms with E-state index in [0.29, 0.717) is 6.61 Å². The molecule has 112 valence electrons. The van der Waals surface area contributed by atoms with Crippen molar-refractivity contribution in [3.8, 4) is 5.75 Å². The van der Waals surface area contributed by atoms with Gasteiger partial charge in [0.1, 0.15) is 5.75 Å². The van der Waals surface area contributed by atoms with Gasteiger partial charge in [-0.1, -0.05) is 28.9 Å². The van der Waals surface area contributed by atoms with Crippen molar-refractivity contribution in [1.82, 2.24) is 10.3 Å². The van der Waals surface area contributed by atoms with E-state index in [4.69, 9.17) is 4.74 Å². The van der Waals surface area contributed by atoms with Gasteiger partial charge in [0.15, 0.2) is 0 Å². The third-order valence-corrected chi connectivity index (χ3v) is 3.83. The van der Waals surface area contributed by atoms with E-state index in [-0.39, 0.29) is 6.04 Å². The number of hydrogen-bond acceptors (Lipinski definition) is 3. The van der Waals surface area contributed by atoms with Crippen LogP contribution in [0.4, 0.5) is 0 Å². The van der Waals surface area contributed by atoms with E-state index in [0.717, 1.165) is 22.3 Å². The summed E-state index contributed by atoms with van der Waals surface area (Å²) in [5.74, 6) is 0.811. The Bertz CT molecular complexity index is 601. The number of nitrogens with one attached hydrogen (secondary N) is 1. The third-order valence-electron chi connectivity index (χ3n) is 3.34. The van der Waals surface area contributed by atoms with Crippen LogP contribution >= 0.6 is 15.9 Å². The lowest BCUT2D eigenvalue weighted by molar-refractivity contribution is 0.338. The molecule has 1 unspecified atom stereocenters. The Hall–Kier alpha value is -1.39. The van der Waals surface area contributed by atoms with E-state index in [9.17, 15) is 0 Å². The fourth-order valence-corrected chi connectivity index (χ4v) is 2.75. The standard InChI is InChI=1S/C17H21BrN2O/c1-4-20-17(16-9-14(18)7-6-12(16)3)13-8-15(21-5-2)11-19-10-13/h6-11,17,20H,4-5H2,1-3H3. The molecule has 0 aliphatic rings. The average Bonchev–Trinajstić information content (AvgIpc) is 2.48. The maximum Gasteiger partial charge on any atom is 0.137 e. The maximum atomic E-state index is 5.57. The molecule has 4 heteroatoms. The Kier molecular flexibility index (Phi) is 5.76. The van der Waals surface area contributed by atoms with Gasteiger partial charge >= 0.3 is 0 Å². The highest BCUT2D eigenvalue weighted by atomic mass is 79.9. The summed E-state index contributed by atoms with van der Waals surface area (Å²) in [4.78, 5) is 4.31. The molecule has 0 amide bonds. The molecule has 0 aliphatic heterocycles. The highest BCUT2D eigenvalue weighted by Gasteiger charge is 2.16. The van der Waals surface area contributed by atoms with Gasteiger partial charge in [-0.25, -0.2) is 0 Å². The number of ether oxygens (including phenoxy) is 1. The van der Waals surface area contributed by atoms with E-state index in [1.54, 1.807) is 6.20 Å². The number of rotatable bonds is 6. The number of benzene rings is 1. The number of aryl methyl sites for hydroxylation is 1. The largest absolute Gasteiger partial charge is 0.492 e. The van der Waals surface area contributed by atoms with Gasteiger partial charge in [0.2, 0.25) is 0 Å². The molecule has 3 nitrogen and oxygen atoms in total. The van der Waals surface area contributed by atoms with Crippen LogP contribution in [0.5, 0.6) is 5.75 Å². The summed E-state index contributed by atoms with van der Waals surface area (Å²) in [6.07, 6.45) is 3.65. The summed E-state index contributed by atoms with van der Waals surface area (Å²) in [6, 6.07) is 8.53. The van der Waals surface area contributed by atoms with Crippen molar-refractivity contribution < 1.29 is 4.74 Å². The van der Waals surface area contributed by atoms with E-state index in [2.05, 4.69) is 64.3 Å². The van der Waals surface area contributed by atoms with E-state index in [1.807, 2.05) is 13.1 Å². The van der Waals surface area contributed by atoms with Crippen molar-refractivity contribution in [3.05, 3.63) is 57.8 Å². The Morgan fingerprint density at radius 1 is 1.24 bits per heavy atom. The predicted octanol–water partition coefficient (Wildman–Crippen LogP) is 4.25. The zero-order chi connectivity index (χ0) is 15.2. The molecule has 0 radical (unpaired) electrons. The Morgan fingerprint density at radius 3 is 2.76 bits per heavy atom. The zero-order valence-corrected chi connectivity index (χ0v) is 14.3. The number of halogens is 1. The van der Waals surface area contributed by atoms with Gasteiger partial charge in [-0.05, 0) is 55.3 Å². The summed E-state index contributed by atoms with van der Waals surface area (Å²) < 4.78 is 6.65.